The lowest BCUT2D eigenvalue weighted by molar-refractivity contribution is -0.247. The van der Waals surface area contributed by atoms with Gasteiger partial charge in [0.2, 0.25) is 0 Å². The maximum Gasteiger partial charge on any atom is 0.169 e. The van der Waals surface area contributed by atoms with Gasteiger partial charge < -0.3 is 29.3 Å². The second kappa shape index (κ2) is 7.38. The number of rotatable bonds is 2. The lowest BCUT2D eigenvalue weighted by Gasteiger charge is -2.63. The minimum atomic E-state index is -0.669. The van der Waals surface area contributed by atoms with Gasteiger partial charge in [0, 0.05) is 24.2 Å². The molecule has 0 aromatic heterocycles. The Hall–Kier alpha value is -0.730. The molecule has 7 nitrogen and oxygen atoms in total. The number of aliphatic hydroxyl groups is 1. The molecule has 4 aliphatic carbocycles. The van der Waals surface area contributed by atoms with E-state index < -0.39 is 11.9 Å². The Labute approximate surface area is 190 Å². The van der Waals surface area contributed by atoms with Gasteiger partial charge in [0.25, 0.3) is 0 Å². The molecule has 6 aliphatic rings. The molecule has 0 aromatic rings. The van der Waals surface area contributed by atoms with Gasteiger partial charge in [-0.05, 0) is 74.5 Å². The summed E-state index contributed by atoms with van der Waals surface area (Å²) in [5.74, 6) is 0.630. The SMILES string of the molecule is CC1([C@@H]2CC[C@@H]3[C@@H]4CC[C@@H]5CC6(CC[C@]5(C)[C@@H]4[C@H](O)C[C@@]32/C=N\O)OCCO6)OCCO1. The molecule has 0 radical (unpaired) electrons. The highest BCUT2D eigenvalue weighted by molar-refractivity contribution is 5.68. The van der Waals surface area contributed by atoms with Crippen molar-refractivity contribution in [1.29, 1.82) is 0 Å². The summed E-state index contributed by atoms with van der Waals surface area (Å²) in [7, 11) is 0. The minimum Gasteiger partial charge on any atom is -0.411 e. The highest BCUT2D eigenvalue weighted by Crippen LogP contribution is 2.69. The average Bonchev–Trinajstić information content (AvgIpc) is 3.48. The monoisotopic (exact) mass is 449 g/mol. The minimum absolute atomic E-state index is 0.0910. The largest absolute Gasteiger partial charge is 0.411 e. The van der Waals surface area contributed by atoms with Crippen molar-refractivity contribution < 1.29 is 29.3 Å². The fourth-order valence-electron chi connectivity index (χ4n) is 9.61. The van der Waals surface area contributed by atoms with Crippen molar-refractivity contribution in [2.24, 2.45) is 45.6 Å². The molecule has 2 aliphatic heterocycles. The zero-order valence-electron chi connectivity index (χ0n) is 19.5. The molecule has 6 rings (SSSR count). The Morgan fingerprint density at radius 1 is 0.875 bits per heavy atom. The van der Waals surface area contributed by atoms with Crippen LogP contribution in [0.4, 0.5) is 0 Å². The first-order valence-electron chi connectivity index (χ1n) is 12.8. The molecule has 2 N–H and O–H groups in total. The molecular formula is C25H39NO6. The van der Waals surface area contributed by atoms with E-state index in [1.807, 2.05) is 6.92 Å². The van der Waals surface area contributed by atoms with Gasteiger partial charge in [-0.3, -0.25) is 0 Å². The van der Waals surface area contributed by atoms with Gasteiger partial charge in [-0.15, -0.1) is 5.16 Å². The van der Waals surface area contributed by atoms with E-state index in [0.717, 1.165) is 44.9 Å². The molecule has 0 unspecified atom stereocenters. The number of oxime groups is 1. The summed E-state index contributed by atoms with van der Waals surface area (Å²) in [6, 6.07) is 0. The van der Waals surface area contributed by atoms with Crippen molar-refractivity contribution in [3.8, 4) is 0 Å². The number of aliphatic hydroxyl groups excluding tert-OH is 1. The van der Waals surface area contributed by atoms with E-state index in [9.17, 15) is 10.3 Å². The van der Waals surface area contributed by atoms with Crippen LogP contribution in [-0.2, 0) is 18.9 Å². The lowest BCUT2D eigenvalue weighted by Crippen LogP contribution is -2.62. The molecule has 2 heterocycles. The van der Waals surface area contributed by atoms with Crippen LogP contribution in [0.3, 0.4) is 0 Å². The molecule has 32 heavy (non-hydrogen) atoms. The van der Waals surface area contributed by atoms with E-state index >= 15 is 0 Å². The van der Waals surface area contributed by atoms with Gasteiger partial charge in [-0.25, -0.2) is 0 Å². The molecule has 7 heteroatoms. The zero-order valence-corrected chi connectivity index (χ0v) is 19.5. The molecule has 1 spiro atoms. The van der Waals surface area contributed by atoms with Crippen LogP contribution in [-0.4, -0.2) is 60.6 Å². The highest BCUT2D eigenvalue weighted by atomic mass is 16.7. The van der Waals surface area contributed by atoms with Crippen molar-refractivity contribution in [2.45, 2.75) is 82.9 Å². The van der Waals surface area contributed by atoms with Crippen LogP contribution in [0.1, 0.15) is 65.2 Å². The first-order chi connectivity index (χ1) is 15.4. The van der Waals surface area contributed by atoms with E-state index in [4.69, 9.17) is 18.9 Å². The van der Waals surface area contributed by atoms with E-state index in [1.165, 1.54) is 0 Å². The number of hydrogen-bond acceptors (Lipinski definition) is 7. The topological polar surface area (TPSA) is 89.7 Å². The Morgan fingerprint density at radius 3 is 2.31 bits per heavy atom. The third kappa shape index (κ3) is 2.87. The van der Waals surface area contributed by atoms with Crippen molar-refractivity contribution in [3.05, 3.63) is 0 Å². The Balaban J connectivity index is 1.33. The molecule has 180 valence electrons. The number of fused-ring (bicyclic) bond motifs is 5. The zero-order chi connectivity index (χ0) is 22.2. The number of nitrogens with zero attached hydrogens (tertiary/aromatic N) is 1. The van der Waals surface area contributed by atoms with E-state index in [2.05, 4.69) is 12.1 Å². The smallest absolute Gasteiger partial charge is 0.169 e. The van der Waals surface area contributed by atoms with Crippen molar-refractivity contribution in [1.82, 2.24) is 0 Å². The van der Waals surface area contributed by atoms with Crippen LogP contribution in [0, 0.1) is 40.4 Å². The van der Waals surface area contributed by atoms with Gasteiger partial charge in [-0.1, -0.05) is 6.92 Å². The summed E-state index contributed by atoms with van der Waals surface area (Å²) in [5, 5.41) is 25.1. The number of ether oxygens (including phenoxy) is 4. The van der Waals surface area contributed by atoms with E-state index in [0.29, 0.717) is 50.6 Å². The summed E-state index contributed by atoms with van der Waals surface area (Å²) in [6.07, 6.45) is 9.17. The Bertz CT molecular complexity index is 762. The standard InChI is InChI=1S/C25H39NO6/c1-22-7-8-25(31-11-12-32-25)13-16(22)3-4-17-18-5-6-20(23(2)29-9-10-30-23)24(18,15-26-28)14-19(27)21(17)22/h15-21,27-28H,3-14H2,1-2H3/b26-15-/t16-,17+,18-,19-,20+,21+,22+,24-/m1/s1. The van der Waals surface area contributed by atoms with Crippen molar-refractivity contribution >= 4 is 6.21 Å². The number of hydrogen-bond donors (Lipinski definition) is 2. The third-order valence-corrected chi connectivity index (χ3v) is 10.8. The second-order valence-corrected chi connectivity index (χ2v) is 11.9. The molecule has 0 amide bonds. The van der Waals surface area contributed by atoms with Crippen LogP contribution in [0.2, 0.25) is 0 Å². The van der Waals surface area contributed by atoms with Gasteiger partial charge >= 0.3 is 0 Å². The predicted molar refractivity (Wildman–Crippen MR) is 116 cm³/mol. The second-order valence-electron chi connectivity index (χ2n) is 11.9. The highest BCUT2D eigenvalue weighted by Gasteiger charge is 2.68. The molecule has 0 bridgehead atoms. The van der Waals surface area contributed by atoms with Crippen LogP contribution in [0.25, 0.3) is 0 Å². The maximum atomic E-state index is 11.8. The maximum absolute atomic E-state index is 11.8. The summed E-state index contributed by atoms with van der Waals surface area (Å²) in [5.41, 5.74) is -0.293. The average molecular weight is 450 g/mol. The normalized spacial score (nSPS) is 51.6. The van der Waals surface area contributed by atoms with Crippen molar-refractivity contribution in [3.63, 3.8) is 0 Å². The van der Waals surface area contributed by atoms with Crippen molar-refractivity contribution in [2.75, 3.05) is 26.4 Å². The summed E-state index contributed by atoms with van der Waals surface area (Å²) >= 11 is 0. The van der Waals surface area contributed by atoms with Crippen LogP contribution >= 0.6 is 0 Å². The van der Waals surface area contributed by atoms with E-state index in [-0.39, 0.29) is 28.5 Å². The van der Waals surface area contributed by atoms with Gasteiger partial charge in [-0.2, -0.15) is 0 Å². The van der Waals surface area contributed by atoms with Gasteiger partial charge in [0.05, 0.1) is 38.7 Å². The molecular weight excluding hydrogens is 410 g/mol. The molecule has 4 saturated carbocycles. The fourth-order valence-corrected chi connectivity index (χ4v) is 9.61. The lowest BCUT2D eigenvalue weighted by atomic mass is 9.43. The molecule has 2 saturated heterocycles. The summed E-state index contributed by atoms with van der Waals surface area (Å²) < 4.78 is 24.4. The fraction of sp³-hybridized carbons (Fsp3) is 0.960. The quantitative estimate of drug-likeness (QED) is 0.381. The molecule has 6 fully saturated rings. The summed E-state index contributed by atoms with van der Waals surface area (Å²) in [6.45, 7) is 7.07. The summed E-state index contributed by atoms with van der Waals surface area (Å²) in [4.78, 5) is 0. The predicted octanol–water partition coefficient (Wildman–Crippen LogP) is 3.56. The van der Waals surface area contributed by atoms with Crippen LogP contribution < -0.4 is 0 Å². The first kappa shape index (κ1) is 21.8. The van der Waals surface area contributed by atoms with Gasteiger partial charge in [0.1, 0.15) is 0 Å². The molecule has 0 aromatic carbocycles. The van der Waals surface area contributed by atoms with Gasteiger partial charge in [0.15, 0.2) is 11.6 Å². The Kier molecular flexibility index (Phi) is 5.02. The van der Waals surface area contributed by atoms with Crippen LogP contribution in [0.5, 0.6) is 0 Å². The first-order valence-corrected chi connectivity index (χ1v) is 12.8. The molecule has 8 atom stereocenters. The van der Waals surface area contributed by atoms with Crippen LogP contribution in [0.15, 0.2) is 5.16 Å². The Morgan fingerprint density at radius 2 is 1.59 bits per heavy atom. The third-order valence-electron chi connectivity index (χ3n) is 10.8. The van der Waals surface area contributed by atoms with E-state index in [1.54, 1.807) is 6.21 Å².